The predicted octanol–water partition coefficient (Wildman–Crippen LogP) is 26.9. The third-order valence-electron chi connectivity index (χ3n) is 20.6. The number of aliphatic hydroxyl groups excluding tert-OH is 1. The van der Waals surface area contributed by atoms with Gasteiger partial charge in [0.15, 0.2) is 12.2 Å². The summed E-state index contributed by atoms with van der Waals surface area (Å²) in [5.41, 5.74) is 0. The molecule has 0 saturated heterocycles. The summed E-state index contributed by atoms with van der Waals surface area (Å²) in [6, 6.07) is 0. The van der Waals surface area contributed by atoms with Crippen LogP contribution in [0.4, 0.5) is 0 Å². The van der Waals surface area contributed by atoms with Crippen molar-refractivity contribution in [1.29, 1.82) is 0 Å². The van der Waals surface area contributed by atoms with Gasteiger partial charge in [-0.2, -0.15) is 0 Å². The predicted molar refractivity (Wildman–Crippen MR) is 437 cm³/mol. The van der Waals surface area contributed by atoms with Gasteiger partial charge in [-0.05, 0) is 25.7 Å². The topological polar surface area (TPSA) is 237 Å². The van der Waals surface area contributed by atoms with Gasteiger partial charge in [0.1, 0.15) is 19.3 Å². The third-order valence-corrected chi connectivity index (χ3v) is 22.5. The number of rotatable bonds is 88. The van der Waals surface area contributed by atoms with Crippen LogP contribution in [0.25, 0.3) is 0 Å². The van der Waals surface area contributed by atoms with Crippen molar-refractivity contribution in [3.8, 4) is 0 Å². The molecular weight excluding hydrogens is 1380 g/mol. The van der Waals surface area contributed by atoms with Crippen LogP contribution in [-0.4, -0.2) is 96.7 Å². The lowest BCUT2D eigenvalue weighted by atomic mass is 10.0. The number of hydrogen-bond donors (Lipinski definition) is 3. The highest BCUT2D eigenvalue weighted by Crippen LogP contribution is 2.45. The number of phosphoric ester groups is 2. The molecule has 0 aromatic rings. The van der Waals surface area contributed by atoms with Gasteiger partial charge in [0.25, 0.3) is 0 Å². The molecule has 106 heavy (non-hydrogen) atoms. The van der Waals surface area contributed by atoms with Crippen molar-refractivity contribution < 1.29 is 80.2 Å². The van der Waals surface area contributed by atoms with Gasteiger partial charge in [-0.15, -0.1) is 0 Å². The number of unbranched alkanes of at least 4 members (excludes halogenated alkanes) is 62. The molecule has 5 atom stereocenters. The molecule has 0 bridgehead atoms. The first kappa shape index (κ1) is 104. The van der Waals surface area contributed by atoms with Crippen LogP contribution in [0.2, 0.25) is 0 Å². The van der Waals surface area contributed by atoms with Crippen molar-refractivity contribution in [2.75, 3.05) is 39.6 Å². The SMILES string of the molecule is CCCCCCCCCCCCCCCCCCCCCCCCC(=O)O[C@H](COC(=O)CCCCCCCCCCCCCCCCCCCCCCC)COP(=O)(O)OC[C@@H](O)COP(=O)(O)OC[C@@H](COC(=O)CCCCCCCCCCCC)OC(=O)CCCCCCCCCCCCCCC. The fourth-order valence-electron chi connectivity index (χ4n) is 13.7. The van der Waals surface area contributed by atoms with Crippen LogP contribution in [0.5, 0.6) is 0 Å². The number of carbonyl (C=O) groups excluding carboxylic acids is 4. The van der Waals surface area contributed by atoms with E-state index < -0.39 is 97.5 Å². The summed E-state index contributed by atoms with van der Waals surface area (Å²) in [5, 5.41) is 10.7. The Kier molecular flexibility index (Phi) is 79.6. The Bertz CT molecular complexity index is 2000. The molecule has 0 aromatic carbocycles. The Morgan fingerprint density at radius 1 is 0.226 bits per heavy atom. The average Bonchev–Trinajstić information content (AvgIpc) is 0.915. The third kappa shape index (κ3) is 80.1. The molecule has 0 heterocycles. The largest absolute Gasteiger partial charge is 0.472 e. The minimum Gasteiger partial charge on any atom is -0.462 e. The van der Waals surface area contributed by atoms with Crippen molar-refractivity contribution in [1.82, 2.24) is 0 Å². The Balaban J connectivity index is 5.19. The van der Waals surface area contributed by atoms with Gasteiger partial charge in [-0.1, -0.05) is 426 Å². The van der Waals surface area contributed by atoms with Crippen LogP contribution in [0.3, 0.4) is 0 Å². The summed E-state index contributed by atoms with van der Waals surface area (Å²) in [6.07, 6.45) is 76.5. The Morgan fingerprint density at radius 2 is 0.377 bits per heavy atom. The molecule has 0 fully saturated rings. The normalized spacial score (nSPS) is 13.7. The van der Waals surface area contributed by atoms with Gasteiger partial charge in [-0.3, -0.25) is 37.3 Å². The van der Waals surface area contributed by atoms with E-state index in [2.05, 4.69) is 27.7 Å². The standard InChI is InChI=1S/C87H170O17P2/c1-5-9-13-17-21-25-29-32-34-36-38-40-42-44-46-48-51-54-58-62-66-70-74-87(92)104-83(78-98-85(90)72-68-64-60-56-52-50-47-45-43-41-39-37-35-33-30-26-22-18-14-10-6-2)80-102-106(95,96)100-76-81(88)75-99-105(93,94)101-79-82(77-97-84(89)71-67-63-59-55-28-24-20-16-12-8-4)103-86(91)73-69-65-61-57-53-49-31-27-23-19-15-11-7-3/h81-83,88H,5-80H2,1-4H3,(H,93,94)(H,95,96)/t81-,82+,83+/m0/s1. The molecule has 0 spiro atoms. The van der Waals surface area contributed by atoms with Crippen molar-refractivity contribution in [3.63, 3.8) is 0 Å². The molecule has 0 amide bonds. The zero-order chi connectivity index (χ0) is 77.4. The summed E-state index contributed by atoms with van der Waals surface area (Å²) < 4.78 is 68.9. The number of carbonyl (C=O) groups is 4. The molecule has 630 valence electrons. The van der Waals surface area contributed by atoms with Gasteiger partial charge in [0.2, 0.25) is 0 Å². The monoisotopic (exact) mass is 1550 g/mol. The first-order chi connectivity index (χ1) is 51.7. The van der Waals surface area contributed by atoms with Crippen LogP contribution >= 0.6 is 15.6 Å². The minimum atomic E-state index is -4.97. The summed E-state index contributed by atoms with van der Waals surface area (Å²) in [7, 11) is -9.92. The molecular formula is C87H170O17P2. The highest BCUT2D eigenvalue weighted by atomic mass is 31.2. The minimum absolute atomic E-state index is 0.109. The fraction of sp³-hybridized carbons (Fsp3) is 0.954. The fourth-order valence-corrected chi connectivity index (χ4v) is 15.3. The maximum Gasteiger partial charge on any atom is 0.472 e. The van der Waals surface area contributed by atoms with E-state index in [0.29, 0.717) is 25.7 Å². The zero-order valence-corrected chi connectivity index (χ0v) is 71.2. The van der Waals surface area contributed by atoms with E-state index >= 15 is 0 Å². The van der Waals surface area contributed by atoms with Crippen molar-refractivity contribution in [2.45, 2.75) is 495 Å². The van der Waals surface area contributed by atoms with E-state index in [1.165, 1.54) is 308 Å². The molecule has 0 aliphatic heterocycles. The molecule has 19 heteroatoms. The Hall–Kier alpha value is -1.94. The first-order valence-corrected chi connectivity index (χ1v) is 48.3. The van der Waals surface area contributed by atoms with E-state index in [1.54, 1.807) is 0 Å². The van der Waals surface area contributed by atoms with Crippen molar-refractivity contribution in [2.24, 2.45) is 0 Å². The number of hydrogen-bond acceptors (Lipinski definition) is 15. The maximum atomic E-state index is 13.2. The lowest BCUT2D eigenvalue weighted by Crippen LogP contribution is -2.30. The molecule has 3 N–H and O–H groups in total. The zero-order valence-electron chi connectivity index (χ0n) is 69.4. The van der Waals surface area contributed by atoms with Crippen molar-refractivity contribution >= 4 is 39.5 Å². The van der Waals surface area contributed by atoms with Gasteiger partial charge < -0.3 is 33.8 Å². The molecule has 0 radical (unpaired) electrons. The van der Waals surface area contributed by atoms with Crippen LogP contribution in [0.15, 0.2) is 0 Å². The summed E-state index contributed by atoms with van der Waals surface area (Å²) in [6.45, 7) is 5.05. The lowest BCUT2D eigenvalue weighted by molar-refractivity contribution is -0.161. The van der Waals surface area contributed by atoms with Gasteiger partial charge in [-0.25, -0.2) is 9.13 Å². The Labute approximate surface area is 651 Å². The van der Waals surface area contributed by atoms with E-state index in [9.17, 15) is 43.2 Å². The van der Waals surface area contributed by atoms with Crippen molar-refractivity contribution in [3.05, 3.63) is 0 Å². The highest BCUT2D eigenvalue weighted by Gasteiger charge is 2.30. The molecule has 0 saturated carbocycles. The van der Waals surface area contributed by atoms with Crippen LogP contribution in [0.1, 0.15) is 477 Å². The second-order valence-electron chi connectivity index (χ2n) is 31.3. The molecule has 0 aliphatic rings. The second kappa shape index (κ2) is 81.1. The van der Waals surface area contributed by atoms with E-state index in [4.69, 9.17) is 37.0 Å². The highest BCUT2D eigenvalue weighted by molar-refractivity contribution is 7.47. The molecule has 2 unspecified atom stereocenters. The van der Waals surface area contributed by atoms with Crippen LogP contribution < -0.4 is 0 Å². The Morgan fingerprint density at radius 3 is 0.557 bits per heavy atom. The van der Waals surface area contributed by atoms with Gasteiger partial charge in [0.05, 0.1) is 26.4 Å². The number of aliphatic hydroxyl groups is 1. The average molecular weight is 1550 g/mol. The van der Waals surface area contributed by atoms with Crippen LogP contribution in [0, 0.1) is 0 Å². The van der Waals surface area contributed by atoms with E-state index in [-0.39, 0.29) is 25.7 Å². The van der Waals surface area contributed by atoms with Gasteiger partial charge >= 0.3 is 39.5 Å². The smallest absolute Gasteiger partial charge is 0.462 e. The number of esters is 4. The van der Waals surface area contributed by atoms with E-state index in [1.807, 2.05) is 0 Å². The second-order valence-corrected chi connectivity index (χ2v) is 34.2. The molecule has 0 aromatic heterocycles. The van der Waals surface area contributed by atoms with Gasteiger partial charge in [0, 0.05) is 25.7 Å². The molecule has 0 rings (SSSR count). The number of phosphoric acid groups is 2. The first-order valence-electron chi connectivity index (χ1n) is 45.3. The summed E-state index contributed by atoms with van der Waals surface area (Å²) in [4.78, 5) is 73.2. The van der Waals surface area contributed by atoms with E-state index in [0.717, 1.165) is 89.9 Å². The molecule has 17 nitrogen and oxygen atoms in total. The summed E-state index contributed by atoms with van der Waals surface area (Å²) in [5.74, 6) is -2.10. The maximum absolute atomic E-state index is 13.2. The summed E-state index contributed by atoms with van der Waals surface area (Å²) >= 11 is 0. The quantitative estimate of drug-likeness (QED) is 0.0222. The molecule has 0 aliphatic carbocycles. The lowest BCUT2D eigenvalue weighted by Gasteiger charge is -2.21. The number of ether oxygens (including phenoxy) is 4. The van der Waals surface area contributed by atoms with Crippen LogP contribution in [-0.2, 0) is 65.4 Å².